The predicted molar refractivity (Wildman–Crippen MR) is 107 cm³/mol. The molecule has 0 aliphatic heterocycles. The average molecular weight is 425 g/mol. The fourth-order valence-corrected chi connectivity index (χ4v) is 3.27. The van der Waals surface area contributed by atoms with Crippen molar-refractivity contribution in [3.05, 3.63) is 63.0 Å². The van der Waals surface area contributed by atoms with Gasteiger partial charge in [-0.3, -0.25) is 4.79 Å². The van der Waals surface area contributed by atoms with Crippen molar-refractivity contribution in [1.82, 2.24) is 19.7 Å². The topological polar surface area (TPSA) is 73.8 Å². The molecular formula is C20H17BrN4O2. The summed E-state index contributed by atoms with van der Waals surface area (Å²) in [6.45, 7) is 4.44. The molecule has 0 bridgehead atoms. The van der Waals surface area contributed by atoms with Gasteiger partial charge in [-0.15, -0.1) is 0 Å². The summed E-state index contributed by atoms with van der Waals surface area (Å²) in [6.07, 6.45) is 0.877. The van der Waals surface area contributed by atoms with Gasteiger partial charge < -0.3 is 9.09 Å². The van der Waals surface area contributed by atoms with Crippen LogP contribution in [0.1, 0.15) is 19.0 Å². The van der Waals surface area contributed by atoms with Crippen molar-refractivity contribution >= 4 is 27.0 Å². The lowest BCUT2D eigenvalue weighted by atomic mass is 10.1. The molecule has 0 saturated carbocycles. The molecule has 0 unspecified atom stereocenters. The molecule has 2 aromatic heterocycles. The summed E-state index contributed by atoms with van der Waals surface area (Å²) >= 11 is 3.41. The second kappa shape index (κ2) is 7.08. The zero-order valence-corrected chi connectivity index (χ0v) is 16.5. The van der Waals surface area contributed by atoms with Crippen LogP contribution in [-0.4, -0.2) is 19.7 Å². The number of aryl methyl sites for hydroxylation is 2. The largest absolute Gasteiger partial charge is 0.334 e. The normalized spacial score (nSPS) is 11.2. The molecule has 7 heteroatoms. The Morgan fingerprint density at radius 2 is 1.81 bits per heavy atom. The highest BCUT2D eigenvalue weighted by molar-refractivity contribution is 9.10. The zero-order valence-electron chi connectivity index (χ0n) is 14.9. The van der Waals surface area contributed by atoms with E-state index in [2.05, 4.69) is 31.1 Å². The van der Waals surface area contributed by atoms with Crippen LogP contribution >= 0.6 is 15.9 Å². The first-order chi connectivity index (χ1) is 13.1. The number of benzene rings is 2. The van der Waals surface area contributed by atoms with E-state index in [1.807, 2.05) is 49.4 Å². The van der Waals surface area contributed by atoms with Crippen LogP contribution in [0.25, 0.3) is 33.9 Å². The van der Waals surface area contributed by atoms with Crippen molar-refractivity contribution < 1.29 is 4.52 Å². The first-order valence-corrected chi connectivity index (χ1v) is 9.47. The van der Waals surface area contributed by atoms with E-state index in [0.29, 0.717) is 24.0 Å². The summed E-state index contributed by atoms with van der Waals surface area (Å²) in [6, 6.07) is 13.4. The van der Waals surface area contributed by atoms with Crippen LogP contribution in [0, 0.1) is 6.92 Å². The molecule has 4 rings (SSSR count). The van der Waals surface area contributed by atoms with Crippen molar-refractivity contribution in [1.29, 1.82) is 0 Å². The first-order valence-electron chi connectivity index (χ1n) is 8.68. The SMILES string of the molecule is CCCn1c(=O)c(C)nc2cc(-c3noc(-c4ccc(Br)cc4)n3)ccc21. The van der Waals surface area contributed by atoms with Crippen LogP contribution in [0.5, 0.6) is 0 Å². The third-order valence-corrected chi connectivity index (χ3v) is 4.86. The maximum atomic E-state index is 12.4. The molecule has 27 heavy (non-hydrogen) atoms. The molecule has 136 valence electrons. The Balaban J connectivity index is 1.78. The van der Waals surface area contributed by atoms with E-state index in [1.165, 1.54) is 0 Å². The summed E-state index contributed by atoms with van der Waals surface area (Å²) in [7, 11) is 0. The maximum Gasteiger partial charge on any atom is 0.272 e. The lowest BCUT2D eigenvalue weighted by Crippen LogP contribution is -2.24. The molecule has 4 aromatic rings. The second-order valence-corrected chi connectivity index (χ2v) is 7.20. The van der Waals surface area contributed by atoms with Crippen LogP contribution in [-0.2, 0) is 6.54 Å². The minimum Gasteiger partial charge on any atom is -0.334 e. The molecule has 2 aromatic carbocycles. The minimum absolute atomic E-state index is 0.0471. The van der Waals surface area contributed by atoms with E-state index in [-0.39, 0.29) is 5.56 Å². The van der Waals surface area contributed by atoms with Crippen LogP contribution in [0.4, 0.5) is 0 Å². The average Bonchev–Trinajstić information content (AvgIpc) is 3.16. The summed E-state index contributed by atoms with van der Waals surface area (Å²) in [4.78, 5) is 21.3. The van der Waals surface area contributed by atoms with E-state index in [1.54, 1.807) is 11.5 Å². The van der Waals surface area contributed by atoms with Gasteiger partial charge in [0.2, 0.25) is 5.82 Å². The van der Waals surface area contributed by atoms with Crippen molar-refractivity contribution in [2.45, 2.75) is 26.8 Å². The van der Waals surface area contributed by atoms with Gasteiger partial charge >= 0.3 is 0 Å². The smallest absolute Gasteiger partial charge is 0.272 e. The van der Waals surface area contributed by atoms with Crippen LogP contribution in [0.2, 0.25) is 0 Å². The predicted octanol–water partition coefficient (Wildman–Crippen LogP) is 4.59. The highest BCUT2D eigenvalue weighted by Gasteiger charge is 2.13. The summed E-state index contributed by atoms with van der Waals surface area (Å²) in [5, 5.41) is 4.10. The number of hydrogen-bond donors (Lipinski definition) is 0. The molecule has 0 atom stereocenters. The van der Waals surface area contributed by atoms with Crippen LogP contribution in [0.3, 0.4) is 0 Å². The summed E-state index contributed by atoms with van der Waals surface area (Å²) in [5.41, 5.74) is 3.64. The highest BCUT2D eigenvalue weighted by Crippen LogP contribution is 2.25. The lowest BCUT2D eigenvalue weighted by Gasteiger charge is -2.10. The van der Waals surface area contributed by atoms with Gasteiger partial charge in [0.05, 0.1) is 11.0 Å². The van der Waals surface area contributed by atoms with E-state index in [9.17, 15) is 4.79 Å². The number of aromatic nitrogens is 4. The molecule has 0 aliphatic rings. The van der Waals surface area contributed by atoms with Crippen LogP contribution < -0.4 is 5.56 Å². The van der Waals surface area contributed by atoms with Gasteiger partial charge in [0.1, 0.15) is 5.69 Å². The van der Waals surface area contributed by atoms with Gasteiger partial charge in [0.25, 0.3) is 11.4 Å². The van der Waals surface area contributed by atoms with Crippen LogP contribution in [0.15, 0.2) is 56.3 Å². The summed E-state index contributed by atoms with van der Waals surface area (Å²) < 4.78 is 8.17. The third kappa shape index (κ3) is 3.30. The van der Waals surface area contributed by atoms with Crippen molar-refractivity contribution in [2.75, 3.05) is 0 Å². The number of halogens is 1. The van der Waals surface area contributed by atoms with E-state index in [0.717, 1.165) is 33.1 Å². The molecule has 0 spiro atoms. The number of nitrogens with zero attached hydrogens (tertiary/aromatic N) is 4. The number of rotatable bonds is 4. The molecular weight excluding hydrogens is 408 g/mol. The molecule has 0 amide bonds. The molecule has 0 fully saturated rings. The van der Waals surface area contributed by atoms with E-state index in [4.69, 9.17) is 4.52 Å². The van der Waals surface area contributed by atoms with Gasteiger partial charge in [-0.25, -0.2) is 4.98 Å². The Bertz CT molecular complexity index is 1180. The van der Waals surface area contributed by atoms with E-state index < -0.39 is 0 Å². The molecule has 2 heterocycles. The van der Waals surface area contributed by atoms with Crippen molar-refractivity contribution in [2.24, 2.45) is 0 Å². The molecule has 0 radical (unpaired) electrons. The Hall–Kier alpha value is -2.80. The molecule has 6 nitrogen and oxygen atoms in total. The number of hydrogen-bond acceptors (Lipinski definition) is 5. The van der Waals surface area contributed by atoms with Gasteiger partial charge in [0, 0.05) is 22.1 Å². The fourth-order valence-electron chi connectivity index (χ4n) is 3.01. The monoisotopic (exact) mass is 424 g/mol. The highest BCUT2D eigenvalue weighted by atomic mass is 79.9. The molecule has 0 aliphatic carbocycles. The van der Waals surface area contributed by atoms with Gasteiger partial charge in [0.15, 0.2) is 0 Å². The second-order valence-electron chi connectivity index (χ2n) is 6.29. The van der Waals surface area contributed by atoms with Crippen molar-refractivity contribution in [3.63, 3.8) is 0 Å². The molecule has 0 saturated heterocycles. The Morgan fingerprint density at radius 3 is 2.56 bits per heavy atom. The lowest BCUT2D eigenvalue weighted by molar-refractivity contribution is 0.432. The standard InChI is InChI=1S/C20H17BrN4O2/c1-3-10-25-17-9-6-14(11-16(17)22-12(2)20(25)26)18-23-19(27-24-18)13-4-7-15(21)8-5-13/h4-9,11H,3,10H2,1-2H3. The Kier molecular flexibility index (Phi) is 4.61. The van der Waals surface area contributed by atoms with Crippen molar-refractivity contribution in [3.8, 4) is 22.8 Å². The van der Waals surface area contributed by atoms with E-state index >= 15 is 0 Å². The Morgan fingerprint density at radius 1 is 1.07 bits per heavy atom. The quantitative estimate of drug-likeness (QED) is 0.478. The minimum atomic E-state index is -0.0471. The fraction of sp³-hybridized carbons (Fsp3) is 0.200. The Labute approximate surface area is 164 Å². The van der Waals surface area contributed by atoms with Gasteiger partial charge in [-0.2, -0.15) is 4.98 Å². The third-order valence-electron chi connectivity index (χ3n) is 4.33. The molecule has 0 N–H and O–H groups in total. The maximum absolute atomic E-state index is 12.4. The number of fused-ring (bicyclic) bond motifs is 1. The zero-order chi connectivity index (χ0) is 19.0. The summed E-state index contributed by atoms with van der Waals surface area (Å²) in [5.74, 6) is 0.945. The first kappa shape index (κ1) is 17.6. The van der Waals surface area contributed by atoms with Gasteiger partial charge in [-0.05, 0) is 55.8 Å². The van der Waals surface area contributed by atoms with Gasteiger partial charge in [-0.1, -0.05) is 28.0 Å².